The van der Waals surface area contributed by atoms with Crippen LogP contribution in [0.3, 0.4) is 0 Å². The average Bonchev–Trinajstić information content (AvgIpc) is 1.69. The Balaban J connectivity index is -0.0000000600. The van der Waals surface area contributed by atoms with Gasteiger partial charge in [0, 0.05) is 5.33 Å². The summed E-state index contributed by atoms with van der Waals surface area (Å²) in [7, 11) is 0. The number of unbranched alkanes of at least 4 members (excludes halogenated alkanes) is 1. The van der Waals surface area contributed by atoms with Gasteiger partial charge in [0.05, 0.1) is 0 Å². The molecule has 46 valence electrons. The molecule has 2 heteroatoms. The zero-order valence-electron chi connectivity index (χ0n) is 7.36. The number of alkyl halides is 1. The summed E-state index contributed by atoms with van der Waals surface area (Å²) >= 11 is 3.29. The van der Waals surface area contributed by atoms with Crippen molar-refractivity contribution < 1.29 is 2.85 Å². The fraction of sp³-hybridized carbons (Fsp3) is 0.667. The van der Waals surface area contributed by atoms with Crippen LogP contribution < -0.4 is 0 Å². The van der Waals surface area contributed by atoms with E-state index in [1.54, 1.807) is 0 Å². The van der Waals surface area contributed by atoms with E-state index in [0.29, 0.717) is 0 Å². The van der Waals surface area contributed by atoms with Crippen LogP contribution in [0.1, 0.15) is 22.6 Å². The van der Waals surface area contributed by atoms with Crippen LogP contribution in [0.15, 0.2) is 12.2 Å². The first-order chi connectivity index (χ1) is 3.41. The van der Waals surface area contributed by atoms with Crippen LogP contribution in [-0.2, 0) is 0 Å². The van der Waals surface area contributed by atoms with Gasteiger partial charge in [-0.2, -0.15) is 0 Å². The number of halogens is 1. The molecule has 0 spiro atoms. The molecule has 0 rings (SSSR count). The quantitative estimate of drug-likeness (QED) is 0.364. The van der Waals surface area contributed by atoms with E-state index in [0.717, 1.165) is 5.33 Å². The van der Waals surface area contributed by atoms with Crippen molar-refractivity contribution in [2.75, 3.05) is 5.33 Å². The molecular formula is C6H13BrMg. The largest absolute Gasteiger partial charge is 2.00 e. The van der Waals surface area contributed by atoms with Crippen LogP contribution in [0, 0.1) is 0 Å². The minimum atomic E-state index is 0. The van der Waals surface area contributed by atoms with Crippen molar-refractivity contribution in [3.63, 3.8) is 0 Å². The van der Waals surface area contributed by atoms with Gasteiger partial charge in [-0.1, -0.05) is 41.4 Å². The summed E-state index contributed by atoms with van der Waals surface area (Å²) in [5.41, 5.74) is 0. The van der Waals surface area contributed by atoms with Gasteiger partial charge < -0.3 is 2.85 Å². The Kier molecular flexibility index (Phi) is 16.0. The Hall–Kier alpha value is 0.986. The summed E-state index contributed by atoms with van der Waals surface area (Å²) in [5, 5.41) is 0.993. The van der Waals surface area contributed by atoms with Gasteiger partial charge >= 0.3 is 23.1 Å². The van der Waals surface area contributed by atoms with Crippen LogP contribution >= 0.6 is 15.9 Å². The van der Waals surface area contributed by atoms with E-state index < -0.39 is 0 Å². The van der Waals surface area contributed by atoms with Crippen LogP contribution in [0.2, 0.25) is 0 Å². The third-order valence-corrected chi connectivity index (χ3v) is 1.08. The first-order valence-corrected chi connectivity index (χ1v) is 3.75. The van der Waals surface area contributed by atoms with Crippen molar-refractivity contribution >= 4 is 39.0 Å². The van der Waals surface area contributed by atoms with Crippen molar-refractivity contribution in [3.8, 4) is 0 Å². The topological polar surface area (TPSA) is 0 Å². The molecule has 0 heterocycles. The van der Waals surface area contributed by atoms with Crippen molar-refractivity contribution in [2.24, 2.45) is 0 Å². The van der Waals surface area contributed by atoms with Gasteiger partial charge in [0.2, 0.25) is 0 Å². The fourth-order valence-electron chi connectivity index (χ4n) is 0.348. The summed E-state index contributed by atoms with van der Waals surface area (Å²) in [4.78, 5) is 0. The van der Waals surface area contributed by atoms with Crippen LogP contribution in [0.4, 0.5) is 0 Å². The van der Waals surface area contributed by atoms with Gasteiger partial charge in [0.25, 0.3) is 0 Å². The van der Waals surface area contributed by atoms with E-state index in [1.165, 1.54) is 12.8 Å². The zero-order chi connectivity index (χ0) is 5.54. The Bertz CT molecular complexity index is 59.7. The summed E-state index contributed by atoms with van der Waals surface area (Å²) in [6, 6.07) is 0. The number of allylic oxidation sites excluding steroid dienone is 2. The SMILES string of the molecule is CCC/C=C/CBr.[H-].[H-].[Mg+2]. The molecule has 0 unspecified atom stereocenters. The Labute approximate surface area is 79.0 Å². The zero-order valence-corrected chi connectivity index (χ0v) is 8.36. The van der Waals surface area contributed by atoms with E-state index >= 15 is 0 Å². The first-order valence-electron chi connectivity index (χ1n) is 2.62. The predicted molar refractivity (Wildman–Crippen MR) is 45.8 cm³/mol. The molecule has 0 bridgehead atoms. The molecule has 0 aliphatic heterocycles. The number of hydrogen-bond donors (Lipinski definition) is 0. The maximum atomic E-state index is 3.29. The van der Waals surface area contributed by atoms with Gasteiger partial charge in [0.15, 0.2) is 0 Å². The van der Waals surface area contributed by atoms with E-state index in [4.69, 9.17) is 0 Å². The van der Waals surface area contributed by atoms with E-state index in [-0.39, 0.29) is 25.9 Å². The number of rotatable bonds is 3. The molecule has 0 saturated heterocycles. The molecule has 0 N–H and O–H groups in total. The van der Waals surface area contributed by atoms with Gasteiger partial charge in [-0.25, -0.2) is 0 Å². The molecule has 0 saturated carbocycles. The van der Waals surface area contributed by atoms with Gasteiger partial charge in [-0.3, -0.25) is 0 Å². The summed E-state index contributed by atoms with van der Waals surface area (Å²) < 4.78 is 0. The minimum Gasteiger partial charge on any atom is -1.00 e. The molecule has 0 amide bonds. The Morgan fingerprint density at radius 1 is 1.50 bits per heavy atom. The standard InChI is InChI=1S/C6H11Br.Mg.2H/c1-2-3-4-5-6-7;;;/h4-5H,2-3,6H2,1H3;;;/q;+2;2*-1/b5-4+;;;. The van der Waals surface area contributed by atoms with E-state index in [2.05, 4.69) is 35.0 Å². The maximum absolute atomic E-state index is 3.29. The first kappa shape index (κ1) is 11.7. The fourth-order valence-corrected chi connectivity index (χ4v) is 0.612. The van der Waals surface area contributed by atoms with Gasteiger partial charge in [-0.15, -0.1) is 0 Å². The molecule has 0 radical (unpaired) electrons. The molecule has 0 aromatic rings. The minimum absolute atomic E-state index is 0. The van der Waals surface area contributed by atoms with Crippen LogP contribution in [0.25, 0.3) is 0 Å². The second-order valence-corrected chi connectivity index (χ2v) is 2.06. The van der Waals surface area contributed by atoms with Crippen molar-refractivity contribution in [1.82, 2.24) is 0 Å². The van der Waals surface area contributed by atoms with Crippen molar-refractivity contribution in [3.05, 3.63) is 12.2 Å². The third-order valence-electron chi connectivity index (χ3n) is 0.711. The molecular weight excluding hydrogens is 176 g/mol. The molecule has 0 aromatic heterocycles. The molecule has 0 aliphatic rings. The molecule has 0 aromatic carbocycles. The Morgan fingerprint density at radius 2 is 2.12 bits per heavy atom. The predicted octanol–water partition coefficient (Wildman–Crippen LogP) is 2.58. The Morgan fingerprint density at radius 3 is 2.50 bits per heavy atom. The van der Waals surface area contributed by atoms with Crippen molar-refractivity contribution in [1.29, 1.82) is 0 Å². The third kappa shape index (κ3) is 10.1. The number of hydrogen-bond acceptors (Lipinski definition) is 0. The van der Waals surface area contributed by atoms with Gasteiger partial charge in [0.1, 0.15) is 0 Å². The molecule has 0 atom stereocenters. The molecule has 0 aliphatic carbocycles. The van der Waals surface area contributed by atoms with E-state index in [1.807, 2.05) is 0 Å². The second-order valence-electron chi connectivity index (χ2n) is 1.41. The van der Waals surface area contributed by atoms with Crippen LogP contribution in [-0.4, -0.2) is 28.4 Å². The van der Waals surface area contributed by atoms with Crippen LogP contribution in [0.5, 0.6) is 0 Å². The maximum Gasteiger partial charge on any atom is 2.00 e. The monoisotopic (exact) mass is 188 g/mol. The summed E-state index contributed by atoms with van der Waals surface area (Å²) in [6.45, 7) is 2.18. The van der Waals surface area contributed by atoms with Gasteiger partial charge in [-0.05, 0) is 6.42 Å². The van der Waals surface area contributed by atoms with Crippen molar-refractivity contribution in [2.45, 2.75) is 19.8 Å². The summed E-state index contributed by atoms with van der Waals surface area (Å²) in [5.74, 6) is 0. The molecule has 0 fully saturated rings. The molecule has 8 heavy (non-hydrogen) atoms. The summed E-state index contributed by atoms with van der Waals surface area (Å²) in [6.07, 6.45) is 6.79. The van der Waals surface area contributed by atoms with E-state index in [9.17, 15) is 0 Å². The average molecular weight is 189 g/mol. The molecule has 0 nitrogen and oxygen atoms in total. The smallest absolute Gasteiger partial charge is 1.00 e. The normalized spacial score (nSPS) is 9.25. The second kappa shape index (κ2) is 10.9.